The highest BCUT2D eigenvalue weighted by Gasteiger charge is 2.06. The first-order valence-corrected chi connectivity index (χ1v) is 6.71. The summed E-state index contributed by atoms with van der Waals surface area (Å²) < 4.78 is 31.7. The second-order valence-corrected chi connectivity index (χ2v) is 4.68. The number of ether oxygens (including phenoxy) is 1. The molecule has 0 unspecified atom stereocenters. The number of nitrogens with zero attached hydrogens (tertiary/aromatic N) is 3. The van der Waals surface area contributed by atoms with Gasteiger partial charge in [-0.3, -0.25) is 0 Å². The van der Waals surface area contributed by atoms with Crippen molar-refractivity contribution in [2.24, 2.45) is 5.11 Å². The Morgan fingerprint density at radius 2 is 2.13 bits per heavy atom. The van der Waals surface area contributed by atoms with Gasteiger partial charge in [0.1, 0.15) is 18.1 Å². The SMILES string of the molecule is Cc1nc(OC/C(=C/Nc2cccc(F)c2C)N=N)ncc1F. The van der Waals surface area contributed by atoms with Crippen LogP contribution in [0.25, 0.3) is 0 Å². The molecular formula is C15H15F2N5O. The molecule has 0 saturated heterocycles. The molecule has 2 aromatic rings. The van der Waals surface area contributed by atoms with Crippen LogP contribution in [0.1, 0.15) is 11.3 Å². The van der Waals surface area contributed by atoms with Gasteiger partial charge >= 0.3 is 6.01 Å². The lowest BCUT2D eigenvalue weighted by molar-refractivity contribution is 0.317. The van der Waals surface area contributed by atoms with E-state index >= 15 is 0 Å². The number of aromatic nitrogens is 2. The molecule has 120 valence electrons. The molecule has 0 aliphatic heterocycles. The molecule has 6 nitrogen and oxygen atoms in total. The molecule has 0 fully saturated rings. The summed E-state index contributed by atoms with van der Waals surface area (Å²) in [4.78, 5) is 7.50. The zero-order valence-corrected chi connectivity index (χ0v) is 12.6. The van der Waals surface area contributed by atoms with Gasteiger partial charge in [0.25, 0.3) is 0 Å². The molecular weight excluding hydrogens is 304 g/mol. The van der Waals surface area contributed by atoms with Gasteiger partial charge in [0.2, 0.25) is 0 Å². The molecule has 1 aromatic heterocycles. The van der Waals surface area contributed by atoms with E-state index in [1.54, 1.807) is 19.1 Å². The fourth-order valence-corrected chi connectivity index (χ4v) is 1.67. The maximum Gasteiger partial charge on any atom is 0.317 e. The van der Waals surface area contributed by atoms with Crippen LogP contribution in [-0.4, -0.2) is 16.6 Å². The summed E-state index contributed by atoms with van der Waals surface area (Å²) >= 11 is 0. The molecule has 23 heavy (non-hydrogen) atoms. The Morgan fingerprint density at radius 1 is 1.35 bits per heavy atom. The van der Waals surface area contributed by atoms with Crippen molar-refractivity contribution in [3.05, 3.63) is 59.2 Å². The predicted molar refractivity (Wildman–Crippen MR) is 80.2 cm³/mol. The van der Waals surface area contributed by atoms with Crippen LogP contribution in [0.2, 0.25) is 0 Å². The number of aryl methyl sites for hydroxylation is 1. The van der Waals surface area contributed by atoms with Gasteiger partial charge in [0, 0.05) is 17.5 Å². The molecule has 0 aliphatic rings. The second kappa shape index (κ2) is 7.39. The summed E-state index contributed by atoms with van der Waals surface area (Å²) in [5.74, 6) is -0.860. The number of hydrogen-bond donors (Lipinski definition) is 2. The molecule has 1 heterocycles. The number of nitrogens with one attached hydrogen (secondary N) is 2. The van der Waals surface area contributed by atoms with Crippen molar-refractivity contribution in [3.63, 3.8) is 0 Å². The smallest absolute Gasteiger partial charge is 0.317 e. The Labute approximate surface area is 131 Å². The van der Waals surface area contributed by atoms with Crippen molar-refractivity contribution >= 4 is 5.69 Å². The number of hydrogen-bond acceptors (Lipinski definition) is 6. The van der Waals surface area contributed by atoms with Crippen molar-refractivity contribution in [2.75, 3.05) is 11.9 Å². The lowest BCUT2D eigenvalue weighted by Gasteiger charge is -2.08. The van der Waals surface area contributed by atoms with Crippen LogP contribution in [-0.2, 0) is 0 Å². The standard InChI is InChI=1S/C15H15F2N5O/c1-9-12(16)4-3-5-14(9)19-6-11(22-18)8-23-15-20-7-13(17)10(2)21-15/h3-7,18-19H,8H2,1-2H3/b11-6-,22-18?. The molecule has 0 radical (unpaired) electrons. The summed E-state index contributed by atoms with van der Waals surface area (Å²) in [6, 6.07) is 4.61. The molecule has 0 bridgehead atoms. The summed E-state index contributed by atoms with van der Waals surface area (Å²) in [5.41, 5.74) is 8.53. The first-order valence-electron chi connectivity index (χ1n) is 6.71. The van der Waals surface area contributed by atoms with E-state index < -0.39 is 5.82 Å². The van der Waals surface area contributed by atoms with Crippen molar-refractivity contribution in [1.82, 2.24) is 9.97 Å². The number of benzene rings is 1. The Balaban J connectivity index is 2.03. The van der Waals surface area contributed by atoms with E-state index in [1.165, 1.54) is 19.2 Å². The molecule has 0 atom stereocenters. The molecule has 2 rings (SSSR count). The Morgan fingerprint density at radius 3 is 2.83 bits per heavy atom. The highest BCUT2D eigenvalue weighted by Crippen LogP contribution is 2.18. The van der Waals surface area contributed by atoms with Crippen LogP contribution in [0.5, 0.6) is 6.01 Å². The summed E-state index contributed by atoms with van der Waals surface area (Å²) in [5, 5.41) is 6.18. The van der Waals surface area contributed by atoms with E-state index in [-0.39, 0.29) is 29.8 Å². The van der Waals surface area contributed by atoms with E-state index in [0.717, 1.165) is 6.20 Å². The predicted octanol–water partition coefficient (Wildman–Crippen LogP) is 3.73. The van der Waals surface area contributed by atoms with Crippen molar-refractivity contribution < 1.29 is 13.5 Å². The molecule has 2 N–H and O–H groups in total. The third-order valence-electron chi connectivity index (χ3n) is 3.05. The van der Waals surface area contributed by atoms with Gasteiger partial charge in [0.05, 0.1) is 11.9 Å². The molecule has 8 heteroatoms. The maximum absolute atomic E-state index is 13.4. The van der Waals surface area contributed by atoms with Crippen molar-refractivity contribution in [2.45, 2.75) is 13.8 Å². The van der Waals surface area contributed by atoms with Gasteiger partial charge in [-0.05, 0) is 26.0 Å². The third-order valence-corrected chi connectivity index (χ3v) is 3.05. The fourth-order valence-electron chi connectivity index (χ4n) is 1.67. The Hall–Kier alpha value is -2.90. The fraction of sp³-hybridized carbons (Fsp3) is 0.200. The van der Waals surface area contributed by atoms with E-state index in [4.69, 9.17) is 10.3 Å². The lowest BCUT2D eigenvalue weighted by Crippen LogP contribution is -2.06. The first-order chi connectivity index (χ1) is 11.0. The zero-order valence-electron chi connectivity index (χ0n) is 12.6. The molecule has 0 aliphatic carbocycles. The quantitative estimate of drug-likeness (QED) is 0.795. The summed E-state index contributed by atoms with van der Waals surface area (Å²) in [6.45, 7) is 3.04. The van der Waals surface area contributed by atoms with Gasteiger partial charge in [-0.15, -0.1) is 0 Å². The lowest BCUT2D eigenvalue weighted by atomic mass is 10.2. The zero-order chi connectivity index (χ0) is 16.8. The third kappa shape index (κ3) is 4.29. The highest BCUT2D eigenvalue weighted by molar-refractivity contribution is 5.53. The first kappa shape index (κ1) is 16.5. The average molecular weight is 319 g/mol. The van der Waals surface area contributed by atoms with Crippen molar-refractivity contribution in [3.8, 4) is 6.01 Å². The van der Waals surface area contributed by atoms with Gasteiger partial charge in [-0.1, -0.05) is 6.07 Å². The van der Waals surface area contributed by atoms with Crippen LogP contribution >= 0.6 is 0 Å². The van der Waals surface area contributed by atoms with Gasteiger partial charge in [-0.2, -0.15) is 10.1 Å². The van der Waals surface area contributed by atoms with Crippen LogP contribution in [0.15, 0.2) is 41.4 Å². The Kier molecular flexibility index (Phi) is 5.29. The van der Waals surface area contributed by atoms with Gasteiger partial charge in [-0.25, -0.2) is 19.3 Å². The Bertz CT molecular complexity index is 749. The minimum Gasteiger partial charge on any atom is -0.457 e. The largest absolute Gasteiger partial charge is 0.457 e. The molecule has 1 aromatic carbocycles. The number of rotatable bonds is 6. The van der Waals surface area contributed by atoms with Crippen LogP contribution < -0.4 is 10.1 Å². The van der Waals surface area contributed by atoms with E-state index in [2.05, 4.69) is 20.4 Å². The number of halogens is 2. The minimum atomic E-state index is -0.526. The molecule has 0 spiro atoms. The molecule has 0 amide bonds. The summed E-state index contributed by atoms with van der Waals surface area (Å²) in [6.07, 6.45) is 2.43. The van der Waals surface area contributed by atoms with Crippen LogP contribution in [0, 0.1) is 31.0 Å². The van der Waals surface area contributed by atoms with Crippen LogP contribution in [0.4, 0.5) is 14.5 Å². The minimum absolute atomic E-state index is 0.0135. The second-order valence-electron chi connectivity index (χ2n) is 4.68. The van der Waals surface area contributed by atoms with E-state index in [0.29, 0.717) is 11.3 Å². The highest BCUT2D eigenvalue weighted by atomic mass is 19.1. The summed E-state index contributed by atoms with van der Waals surface area (Å²) in [7, 11) is 0. The molecule has 0 saturated carbocycles. The van der Waals surface area contributed by atoms with E-state index in [1.807, 2.05) is 0 Å². The van der Waals surface area contributed by atoms with Crippen molar-refractivity contribution in [1.29, 1.82) is 5.53 Å². The maximum atomic E-state index is 13.4. The van der Waals surface area contributed by atoms with E-state index in [9.17, 15) is 8.78 Å². The number of anilines is 1. The average Bonchev–Trinajstić information content (AvgIpc) is 2.54. The monoisotopic (exact) mass is 319 g/mol. The normalized spacial score (nSPS) is 11.2. The van der Waals surface area contributed by atoms with Crippen LogP contribution in [0.3, 0.4) is 0 Å². The van der Waals surface area contributed by atoms with Gasteiger partial charge in [0.15, 0.2) is 5.82 Å². The van der Waals surface area contributed by atoms with Gasteiger partial charge < -0.3 is 10.1 Å². The topological polar surface area (TPSA) is 83.2 Å².